The smallest absolute Gasteiger partial charge is 0.0273 e. The minimum Gasteiger partial charge on any atom is -0.100 e. The summed E-state index contributed by atoms with van der Waals surface area (Å²) in [5.41, 5.74) is 3.72. The summed E-state index contributed by atoms with van der Waals surface area (Å²) in [6, 6.07) is 0. The molecule has 0 aliphatic heterocycles. The van der Waals surface area contributed by atoms with Gasteiger partial charge in [-0.15, -0.1) is 6.58 Å². The first-order valence-corrected chi connectivity index (χ1v) is 5.20. The molecule has 0 saturated carbocycles. The Bertz CT molecular complexity index is 268. The molecular formula is C15H24. The molecule has 0 aliphatic carbocycles. The van der Waals surface area contributed by atoms with E-state index in [1.165, 1.54) is 16.7 Å². The Morgan fingerprint density at radius 2 is 1.47 bits per heavy atom. The topological polar surface area (TPSA) is 0 Å². The molecule has 0 saturated heterocycles. The second kappa shape index (κ2) is 10.8. The van der Waals surface area contributed by atoms with Crippen molar-refractivity contribution in [3.8, 4) is 0 Å². The first kappa shape index (κ1) is 16.1. The Kier molecular flexibility index (Phi) is 11.6. The molecule has 0 aromatic carbocycles. The van der Waals surface area contributed by atoms with E-state index in [0.717, 1.165) is 0 Å². The summed E-state index contributed by atoms with van der Waals surface area (Å²) >= 11 is 0. The van der Waals surface area contributed by atoms with Crippen molar-refractivity contribution in [3.05, 3.63) is 60.3 Å². The second-order valence-corrected chi connectivity index (χ2v) is 3.52. The predicted octanol–water partition coefficient (Wildman–Crippen LogP) is 5.22. The minimum atomic E-state index is 1.17. The number of rotatable bonds is 3. The average Bonchev–Trinajstić information content (AvgIpc) is 2.17. The van der Waals surface area contributed by atoms with Gasteiger partial charge in [0.05, 0.1) is 0 Å². The molecule has 0 aromatic heterocycles. The third-order valence-corrected chi connectivity index (χ3v) is 1.61. The molecule has 0 heterocycles. The molecule has 15 heavy (non-hydrogen) atoms. The van der Waals surface area contributed by atoms with E-state index in [1.807, 2.05) is 33.8 Å². The maximum atomic E-state index is 3.62. The van der Waals surface area contributed by atoms with Crippen LogP contribution >= 0.6 is 0 Å². The van der Waals surface area contributed by atoms with Crippen LogP contribution in [0.3, 0.4) is 0 Å². The first-order chi connectivity index (χ1) is 6.99. The fraction of sp³-hybridized carbons (Fsp3) is 0.333. The van der Waals surface area contributed by atoms with Crippen LogP contribution in [-0.4, -0.2) is 0 Å². The summed E-state index contributed by atoms with van der Waals surface area (Å²) < 4.78 is 0. The summed E-state index contributed by atoms with van der Waals surface area (Å²) in [7, 11) is 0. The van der Waals surface area contributed by atoms with Crippen molar-refractivity contribution in [2.24, 2.45) is 0 Å². The van der Waals surface area contributed by atoms with Crippen LogP contribution in [0.15, 0.2) is 60.3 Å². The standard InChI is InChI=1S/C11H16.C4H8/c1-5-8-9-11(7-3)10(4)6-2;1-4(2)3/h5-9H,1H2,2-4H3;1H2,2-3H3/b9-8-,10-6+,11-7+;. The SMILES string of the molecule is C=C(C)C.C=C\C=C/C(=C\C)C(/C)=C/C. The zero-order chi connectivity index (χ0) is 12.3. The maximum Gasteiger partial charge on any atom is -0.0273 e. The van der Waals surface area contributed by atoms with Gasteiger partial charge in [-0.05, 0) is 45.8 Å². The third kappa shape index (κ3) is 12.7. The van der Waals surface area contributed by atoms with Crippen molar-refractivity contribution in [1.29, 1.82) is 0 Å². The summed E-state index contributed by atoms with van der Waals surface area (Å²) in [6.07, 6.45) is 9.98. The van der Waals surface area contributed by atoms with Crippen LogP contribution in [0.2, 0.25) is 0 Å². The van der Waals surface area contributed by atoms with E-state index in [9.17, 15) is 0 Å². The maximum absolute atomic E-state index is 3.62. The van der Waals surface area contributed by atoms with Gasteiger partial charge in [0, 0.05) is 0 Å². The third-order valence-electron chi connectivity index (χ3n) is 1.61. The number of allylic oxidation sites excluding steroid dienone is 8. The van der Waals surface area contributed by atoms with Gasteiger partial charge in [0.25, 0.3) is 0 Å². The van der Waals surface area contributed by atoms with E-state index in [2.05, 4.69) is 38.3 Å². The van der Waals surface area contributed by atoms with Gasteiger partial charge < -0.3 is 0 Å². The molecule has 0 radical (unpaired) electrons. The molecule has 0 atom stereocenters. The van der Waals surface area contributed by atoms with E-state index >= 15 is 0 Å². The van der Waals surface area contributed by atoms with Crippen LogP contribution in [0.5, 0.6) is 0 Å². The lowest BCUT2D eigenvalue weighted by Gasteiger charge is -1.98. The van der Waals surface area contributed by atoms with Crippen molar-refractivity contribution in [1.82, 2.24) is 0 Å². The van der Waals surface area contributed by atoms with Gasteiger partial charge in [0.1, 0.15) is 0 Å². The van der Waals surface area contributed by atoms with E-state index in [4.69, 9.17) is 0 Å². The van der Waals surface area contributed by atoms with Gasteiger partial charge in [-0.1, -0.05) is 42.5 Å². The lowest BCUT2D eigenvalue weighted by molar-refractivity contribution is 1.38. The largest absolute Gasteiger partial charge is 0.100 e. The van der Waals surface area contributed by atoms with E-state index in [1.54, 1.807) is 6.08 Å². The highest BCUT2D eigenvalue weighted by Gasteiger charge is 1.89. The van der Waals surface area contributed by atoms with E-state index in [-0.39, 0.29) is 0 Å². The highest BCUT2D eigenvalue weighted by molar-refractivity contribution is 5.38. The van der Waals surface area contributed by atoms with Crippen LogP contribution in [-0.2, 0) is 0 Å². The van der Waals surface area contributed by atoms with Gasteiger partial charge in [0.2, 0.25) is 0 Å². The molecule has 0 unspecified atom stereocenters. The number of hydrogen-bond acceptors (Lipinski definition) is 0. The van der Waals surface area contributed by atoms with Crippen LogP contribution in [0.25, 0.3) is 0 Å². The van der Waals surface area contributed by atoms with Crippen molar-refractivity contribution < 1.29 is 0 Å². The Balaban J connectivity index is 0. The van der Waals surface area contributed by atoms with Crippen molar-refractivity contribution >= 4 is 0 Å². The highest BCUT2D eigenvalue weighted by Crippen LogP contribution is 2.09. The zero-order valence-corrected chi connectivity index (χ0v) is 10.8. The summed E-state index contributed by atoms with van der Waals surface area (Å²) in [5.74, 6) is 0. The normalized spacial score (nSPS) is 12.1. The van der Waals surface area contributed by atoms with Gasteiger partial charge in [0.15, 0.2) is 0 Å². The van der Waals surface area contributed by atoms with Crippen LogP contribution < -0.4 is 0 Å². The van der Waals surface area contributed by atoms with Crippen LogP contribution in [0.4, 0.5) is 0 Å². The monoisotopic (exact) mass is 204 g/mol. The van der Waals surface area contributed by atoms with Gasteiger partial charge in [-0.25, -0.2) is 0 Å². The second-order valence-electron chi connectivity index (χ2n) is 3.52. The Labute approximate surface area is 95.4 Å². The quantitative estimate of drug-likeness (QED) is 0.436. The first-order valence-electron chi connectivity index (χ1n) is 5.20. The van der Waals surface area contributed by atoms with Crippen molar-refractivity contribution in [3.63, 3.8) is 0 Å². The lowest BCUT2D eigenvalue weighted by Crippen LogP contribution is -1.78. The van der Waals surface area contributed by atoms with Crippen molar-refractivity contribution in [2.75, 3.05) is 0 Å². The van der Waals surface area contributed by atoms with Gasteiger partial charge in [-0.3, -0.25) is 0 Å². The van der Waals surface area contributed by atoms with E-state index < -0.39 is 0 Å². The average molecular weight is 204 g/mol. The molecular weight excluding hydrogens is 180 g/mol. The van der Waals surface area contributed by atoms with Crippen LogP contribution in [0, 0.1) is 0 Å². The fourth-order valence-corrected chi connectivity index (χ4v) is 0.794. The van der Waals surface area contributed by atoms with Gasteiger partial charge in [-0.2, -0.15) is 0 Å². The Morgan fingerprint density at radius 3 is 1.73 bits per heavy atom. The molecule has 0 spiro atoms. The molecule has 0 rings (SSSR count). The van der Waals surface area contributed by atoms with Crippen molar-refractivity contribution in [2.45, 2.75) is 34.6 Å². The molecule has 0 fully saturated rings. The summed E-state index contributed by atoms with van der Waals surface area (Å²) in [4.78, 5) is 0. The Morgan fingerprint density at radius 1 is 1.00 bits per heavy atom. The fourth-order valence-electron chi connectivity index (χ4n) is 0.794. The predicted molar refractivity (Wildman–Crippen MR) is 73.0 cm³/mol. The molecule has 0 nitrogen and oxygen atoms in total. The molecule has 0 aliphatic rings. The molecule has 84 valence electrons. The summed E-state index contributed by atoms with van der Waals surface area (Å²) in [6.45, 7) is 17.3. The minimum absolute atomic E-state index is 1.17. The Hall–Kier alpha value is -1.30. The zero-order valence-electron chi connectivity index (χ0n) is 10.8. The highest BCUT2D eigenvalue weighted by atomic mass is 13.9. The molecule has 0 heteroatoms. The molecule has 0 aromatic rings. The molecule has 0 amide bonds. The van der Waals surface area contributed by atoms with E-state index in [0.29, 0.717) is 0 Å². The molecule has 0 bridgehead atoms. The lowest BCUT2D eigenvalue weighted by atomic mass is 10.1. The van der Waals surface area contributed by atoms with Gasteiger partial charge >= 0.3 is 0 Å². The number of hydrogen-bond donors (Lipinski definition) is 0. The summed E-state index contributed by atoms with van der Waals surface area (Å²) in [5, 5.41) is 0. The molecule has 0 N–H and O–H groups in total. The van der Waals surface area contributed by atoms with Crippen LogP contribution in [0.1, 0.15) is 34.6 Å².